The molecule has 0 bridgehead atoms. The Bertz CT molecular complexity index is 1040. The van der Waals surface area contributed by atoms with Crippen molar-refractivity contribution in [3.05, 3.63) is 65.7 Å². The van der Waals surface area contributed by atoms with Crippen LogP contribution in [0.1, 0.15) is 36.8 Å². The van der Waals surface area contributed by atoms with Crippen molar-refractivity contribution < 1.29 is 9.15 Å². The first-order valence-electron chi connectivity index (χ1n) is 11.2. The van der Waals surface area contributed by atoms with Gasteiger partial charge in [-0.3, -0.25) is 4.99 Å². The molecular formula is C24H31N7O2. The average Bonchev–Trinajstić information content (AvgIpc) is 3.46. The number of hydrogen-bond acceptors (Lipinski definition) is 6. The number of nitrogens with one attached hydrogen (secondary N) is 2. The Morgan fingerprint density at radius 3 is 2.79 bits per heavy atom. The van der Waals surface area contributed by atoms with Crippen molar-refractivity contribution in [2.45, 2.75) is 32.8 Å². The first-order chi connectivity index (χ1) is 16.2. The minimum Gasteiger partial charge on any atom is -0.467 e. The molecule has 2 heterocycles. The van der Waals surface area contributed by atoms with E-state index in [1.165, 1.54) is 0 Å². The quantitative estimate of drug-likeness (QED) is 0.220. The second kappa shape index (κ2) is 12.9. The zero-order valence-electron chi connectivity index (χ0n) is 19.0. The number of nitriles is 1. The zero-order valence-corrected chi connectivity index (χ0v) is 19.0. The van der Waals surface area contributed by atoms with Gasteiger partial charge < -0.3 is 25.5 Å². The topological polar surface area (TPSA) is 126 Å². The number of aryl methyl sites for hydroxylation is 1. The highest BCUT2D eigenvalue weighted by atomic mass is 16.5. The second-order valence-electron chi connectivity index (χ2n) is 7.34. The lowest BCUT2D eigenvalue weighted by Crippen LogP contribution is -2.38. The Kier molecular flexibility index (Phi) is 9.36. The van der Waals surface area contributed by atoms with Gasteiger partial charge in [0.25, 0.3) is 0 Å². The monoisotopic (exact) mass is 449 g/mol. The molecule has 9 heteroatoms. The summed E-state index contributed by atoms with van der Waals surface area (Å²) in [6.45, 7) is 5.28. The number of nitrogen functional groups attached to an aromatic ring is 1. The van der Waals surface area contributed by atoms with E-state index in [-0.39, 0.29) is 0 Å². The second-order valence-corrected chi connectivity index (χ2v) is 7.34. The molecule has 174 valence electrons. The number of rotatable bonds is 12. The molecule has 0 aliphatic carbocycles. The van der Waals surface area contributed by atoms with Crippen molar-refractivity contribution in [3.8, 4) is 11.8 Å². The van der Waals surface area contributed by atoms with Crippen LogP contribution in [0.3, 0.4) is 0 Å². The van der Waals surface area contributed by atoms with E-state index in [4.69, 9.17) is 14.9 Å². The number of furan rings is 1. The van der Waals surface area contributed by atoms with Gasteiger partial charge in [-0.05, 0) is 50.5 Å². The first-order valence-corrected chi connectivity index (χ1v) is 11.2. The number of nitrogens with two attached hydrogens (primary N) is 1. The summed E-state index contributed by atoms with van der Waals surface area (Å²) < 4.78 is 12.5. The molecule has 0 spiro atoms. The number of aliphatic imine (C=N–C) groups is 1. The van der Waals surface area contributed by atoms with E-state index in [1.807, 2.05) is 49.4 Å². The number of benzene rings is 1. The van der Waals surface area contributed by atoms with E-state index in [1.54, 1.807) is 10.9 Å². The van der Waals surface area contributed by atoms with Crippen LogP contribution in [0.2, 0.25) is 0 Å². The van der Waals surface area contributed by atoms with Gasteiger partial charge in [0.1, 0.15) is 29.8 Å². The number of nitrogens with zero attached hydrogens (tertiary/aromatic N) is 4. The number of ether oxygens (including phenoxy) is 1. The van der Waals surface area contributed by atoms with Crippen molar-refractivity contribution in [3.63, 3.8) is 0 Å². The lowest BCUT2D eigenvalue weighted by molar-refractivity contribution is 0.105. The van der Waals surface area contributed by atoms with Gasteiger partial charge >= 0.3 is 0 Å². The molecule has 0 saturated heterocycles. The highest BCUT2D eigenvalue weighted by molar-refractivity contribution is 5.79. The largest absolute Gasteiger partial charge is 0.467 e. The fraction of sp³-hybridized carbons (Fsp3) is 0.375. The molecule has 1 aromatic carbocycles. The number of aromatic nitrogens is 2. The van der Waals surface area contributed by atoms with Gasteiger partial charge in [0.2, 0.25) is 0 Å². The molecule has 0 radical (unpaired) electrons. The van der Waals surface area contributed by atoms with E-state index in [0.29, 0.717) is 43.3 Å². The van der Waals surface area contributed by atoms with Crippen LogP contribution in [0, 0.1) is 11.3 Å². The lowest BCUT2D eigenvalue weighted by atomic mass is 10.1. The van der Waals surface area contributed by atoms with Gasteiger partial charge in [0.15, 0.2) is 5.96 Å². The summed E-state index contributed by atoms with van der Waals surface area (Å²) in [6.07, 6.45) is 3.87. The third-order valence-corrected chi connectivity index (χ3v) is 4.87. The summed E-state index contributed by atoms with van der Waals surface area (Å²) in [4.78, 5) is 4.62. The molecular weight excluding hydrogens is 418 g/mol. The Morgan fingerprint density at radius 1 is 1.21 bits per heavy atom. The summed E-state index contributed by atoms with van der Waals surface area (Å²) in [7, 11) is 0. The molecule has 4 N–H and O–H groups in total. The number of anilines is 1. The number of hydrogen-bond donors (Lipinski definition) is 3. The van der Waals surface area contributed by atoms with Crippen LogP contribution < -0.4 is 16.4 Å². The molecule has 33 heavy (non-hydrogen) atoms. The van der Waals surface area contributed by atoms with Crippen LogP contribution in [-0.4, -0.2) is 42.0 Å². The van der Waals surface area contributed by atoms with E-state index >= 15 is 0 Å². The standard InChI is InChI=1S/C24H31N7O2/c1-2-27-24(29-14-8-15-32-18-20-11-7-16-33-20)28-13-6-12-22-21(17-25)23(26)31(30-22)19-9-4-3-5-10-19/h3-5,7,9-11,16H,2,6,8,12-15,18,26H2,1H3,(H2,27,28,29). The number of para-hydroxylation sites is 1. The normalized spacial score (nSPS) is 11.3. The van der Waals surface area contributed by atoms with Gasteiger partial charge in [-0.2, -0.15) is 10.4 Å². The van der Waals surface area contributed by atoms with Crippen molar-refractivity contribution in [1.29, 1.82) is 5.26 Å². The van der Waals surface area contributed by atoms with Gasteiger partial charge in [-0.1, -0.05) is 18.2 Å². The van der Waals surface area contributed by atoms with Crippen LogP contribution >= 0.6 is 0 Å². The molecule has 0 fully saturated rings. The Morgan fingerprint density at radius 2 is 2.06 bits per heavy atom. The van der Waals surface area contributed by atoms with E-state index in [0.717, 1.165) is 43.3 Å². The molecule has 0 amide bonds. The number of guanidine groups is 1. The lowest BCUT2D eigenvalue weighted by Gasteiger charge is -2.11. The molecule has 3 rings (SSSR count). The van der Waals surface area contributed by atoms with Crippen LogP contribution in [0.25, 0.3) is 5.69 Å². The van der Waals surface area contributed by atoms with Crippen molar-refractivity contribution in [2.24, 2.45) is 4.99 Å². The minimum absolute atomic E-state index is 0.367. The molecule has 0 atom stereocenters. The Balaban J connectivity index is 1.45. The van der Waals surface area contributed by atoms with Crippen LogP contribution in [0.5, 0.6) is 0 Å². The third-order valence-electron chi connectivity index (χ3n) is 4.87. The predicted molar refractivity (Wildman–Crippen MR) is 128 cm³/mol. The third kappa shape index (κ3) is 7.12. The van der Waals surface area contributed by atoms with Gasteiger partial charge in [0.05, 0.1) is 17.6 Å². The molecule has 0 unspecified atom stereocenters. The van der Waals surface area contributed by atoms with E-state index in [9.17, 15) is 5.26 Å². The summed E-state index contributed by atoms with van der Waals surface area (Å²) in [5.74, 6) is 1.96. The van der Waals surface area contributed by atoms with Crippen LogP contribution in [0.4, 0.5) is 5.82 Å². The highest BCUT2D eigenvalue weighted by Gasteiger charge is 2.16. The Labute approximate surface area is 194 Å². The van der Waals surface area contributed by atoms with E-state index < -0.39 is 0 Å². The van der Waals surface area contributed by atoms with Crippen LogP contribution in [-0.2, 0) is 17.8 Å². The predicted octanol–water partition coefficient (Wildman–Crippen LogP) is 3.01. The molecule has 3 aromatic rings. The summed E-state index contributed by atoms with van der Waals surface area (Å²) in [6, 6.07) is 15.5. The van der Waals surface area contributed by atoms with Crippen LogP contribution in [0.15, 0.2) is 58.1 Å². The maximum atomic E-state index is 9.54. The zero-order chi connectivity index (χ0) is 23.3. The fourth-order valence-corrected chi connectivity index (χ4v) is 3.27. The van der Waals surface area contributed by atoms with Crippen molar-refractivity contribution in [2.75, 3.05) is 32.0 Å². The van der Waals surface area contributed by atoms with Gasteiger partial charge in [-0.25, -0.2) is 4.68 Å². The maximum Gasteiger partial charge on any atom is 0.191 e. The summed E-state index contributed by atoms with van der Waals surface area (Å²) in [5.41, 5.74) is 8.13. The van der Waals surface area contributed by atoms with Crippen molar-refractivity contribution >= 4 is 11.8 Å². The summed E-state index contributed by atoms with van der Waals surface area (Å²) >= 11 is 0. The Hall–Kier alpha value is -3.77. The van der Waals surface area contributed by atoms with Gasteiger partial charge in [-0.15, -0.1) is 0 Å². The smallest absolute Gasteiger partial charge is 0.191 e. The van der Waals surface area contributed by atoms with Crippen molar-refractivity contribution in [1.82, 2.24) is 20.4 Å². The molecule has 0 saturated carbocycles. The maximum absolute atomic E-state index is 9.54. The molecule has 0 aliphatic heterocycles. The first kappa shape index (κ1) is 23.9. The minimum atomic E-state index is 0.367. The average molecular weight is 450 g/mol. The fourth-order valence-electron chi connectivity index (χ4n) is 3.27. The van der Waals surface area contributed by atoms with Gasteiger partial charge in [0, 0.05) is 26.2 Å². The SMILES string of the molecule is CCNC(=NCCCc1nn(-c2ccccc2)c(N)c1C#N)NCCCOCc1ccco1. The molecule has 9 nitrogen and oxygen atoms in total. The highest BCUT2D eigenvalue weighted by Crippen LogP contribution is 2.21. The summed E-state index contributed by atoms with van der Waals surface area (Å²) in [5, 5.41) is 20.7. The molecule has 2 aromatic heterocycles. The molecule has 0 aliphatic rings. The van der Waals surface area contributed by atoms with E-state index in [2.05, 4.69) is 26.8 Å².